The van der Waals surface area contributed by atoms with E-state index in [1.54, 1.807) is 4.90 Å². The van der Waals surface area contributed by atoms with Crippen LogP contribution >= 0.6 is 0 Å². The highest BCUT2D eigenvalue weighted by atomic mass is 19.4. The highest BCUT2D eigenvalue weighted by molar-refractivity contribution is 5.74. The third kappa shape index (κ3) is 3.99. The standard InChI is InChI=1S/C12H20F3N3O/c13-12(14,15)10-5-4-9(8-16-10)17-11(19)18-6-2-1-3-7-18/h9-10,16H,1-8H2,(H,17,19). The summed E-state index contributed by atoms with van der Waals surface area (Å²) in [4.78, 5) is 13.7. The van der Waals surface area contributed by atoms with Crippen molar-refractivity contribution in [3.05, 3.63) is 0 Å². The second-order valence-electron chi connectivity index (χ2n) is 5.27. The highest BCUT2D eigenvalue weighted by Gasteiger charge is 2.41. The highest BCUT2D eigenvalue weighted by Crippen LogP contribution is 2.26. The molecule has 110 valence electrons. The molecule has 0 bridgehead atoms. The number of amides is 2. The van der Waals surface area contributed by atoms with Crippen molar-refractivity contribution >= 4 is 6.03 Å². The van der Waals surface area contributed by atoms with Crippen LogP contribution in [0.2, 0.25) is 0 Å². The number of carbonyl (C=O) groups excluding carboxylic acids is 1. The van der Waals surface area contributed by atoms with Crippen molar-refractivity contribution < 1.29 is 18.0 Å². The van der Waals surface area contributed by atoms with Crippen LogP contribution < -0.4 is 10.6 Å². The van der Waals surface area contributed by atoms with Gasteiger partial charge in [0, 0.05) is 25.7 Å². The predicted octanol–water partition coefficient (Wildman–Crippen LogP) is 1.86. The number of hydrogen-bond donors (Lipinski definition) is 2. The fourth-order valence-electron chi connectivity index (χ4n) is 2.62. The Labute approximate surface area is 110 Å². The average molecular weight is 279 g/mol. The van der Waals surface area contributed by atoms with E-state index < -0.39 is 12.2 Å². The van der Waals surface area contributed by atoms with Gasteiger partial charge in [-0.25, -0.2) is 4.79 Å². The molecule has 2 atom stereocenters. The Balaban J connectivity index is 1.74. The number of urea groups is 1. The number of piperidine rings is 2. The minimum Gasteiger partial charge on any atom is -0.334 e. The van der Waals surface area contributed by atoms with Gasteiger partial charge in [-0.3, -0.25) is 0 Å². The van der Waals surface area contributed by atoms with Crippen molar-refractivity contribution in [3.63, 3.8) is 0 Å². The van der Waals surface area contributed by atoms with E-state index in [4.69, 9.17) is 0 Å². The summed E-state index contributed by atoms with van der Waals surface area (Å²) in [6.45, 7) is 1.68. The number of hydrogen-bond acceptors (Lipinski definition) is 2. The first-order valence-electron chi connectivity index (χ1n) is 6.82. The molecule has 4 nitrogen and oxygen atoms in total. The Hall–Kier alpha value is -0.980. The Kier molecular flexibility index (Phi) is 4.54. The Morgan fingerprint density at radius 3 is 2.37 bits per heavy atom. The second kappa shape index (κ2) is 5.98. The number of nitrogens with zero attached hydrogens (tertiary/aromatic N) is 1. The third-order valence-corrected chi connectivity index (χ3v) is 3.78. The molecule has 0 aromatic rings. The van der Waals surface area contributed by atoms with E-state index in [0.717, 1.165) is 32.4 Å². The first-order valence-corrected chi connectivity index (χ1v) is 6.82. The van der Waals surface area contributed by atoms with Crippen LogP contribution in [0.5, 0.6) is 0 Å². The van der Waals surface area contributed by atoms with Crippen LogP contribution in [0.15, 0.2) is 0 Å². The van der Waals surface area contributed by atoms with Crippen LogP contribution in [0.1, 0.15) is 32.1 Å². The van der Waals surface area contributed by atoms with E-state index in [0.29, 0.717) is 6.42 Å². The maximum Gasteiger partial charge on any atom is 0.403 e. The van der Waals surface area contributed by atoms with Gasteiger partial charge in [-0.1, -0.05) is 0 Å². The smallest absolute Gasteiger partial charge is 0.334 e. The summed E-state index contributed by atoms with van der Waals surface area (Å²) in [5, 5.41) is 5.28. The second-order valence-corrected chi connectivity index (χ2v) is 5.27. The molecule has 2 unspecified atom stereocenters. The summed E-state index contributed by atoms with van der Waals surface area (Å²) >= 11 is 0. The molecule has 0 radical (unpaired) electrons. The van der Waals surface area contributed by atoms with Crippen molar-refractivity contribution in [1.82, 2.24) is 15.5 Å². The molecule has 7 heteroatoms. The van der Waals surface area contributed by atoms with Crippen LogP contribution in [0.25, 0.3) is 0 Å². The van der Waals surface area contributed by atoms with E-state index in [-0.39, 0.29) is 25.0 Å². The molecule has 2 amide bonds. The molecular weight excluding hydrogens is 259 g/mol. The zero-order chi connectivity index (χ0) is 13.9. The van der Waals surface area contributed by atoms with Gasteiger partial charge in [-0.2, -0.15) is 13.2 Å². The number of halogens is 3. The molecule has 2 N–H and O–H groups in total. The molecule has 2 saturated heterocycles. The number of rotatable bonds is 1. The van der Waals surface area contributed by atoms with Crippen molar-refractivity contribution in [2.24, 2.45) is 0 Å². The van der Waals surface area contributed by atoms with Gasteiger partial charge in [0.15, 0.2) is 0 Å². The largest absolute Gasteiger partial charge is 0.403 e. The van der Waals surface area contributed by atoms with Gasteiger partial charge in [0.2, 0.25) is 0 Å². The lowest BCUT2D eigenvalue weighted by molar-refractivity contribution is -0.160. The number of carbonyl (C=O) groups is 1. The van der Waals surface area contributed by atoms with Crippen LogP contribution in [0.4, 0.5) is 18.0 Å². The van der Waals surface area contributed by atoms with Gasteiger partial charge < -0.3 is 15.5 Å². The summed E-state index contributed by atoms with van der Waals surface area (Å²) in [7, 11) is 0. The molecule has 2 rings (SSSR count). The van der Waals surface area contributed by atoms with Gasteiger partial charge >= 0.3 is 12.2 Å². The minimum absolute atomic E-state index is 0.0223. The zero-order valence-corrected chi connectivity index (χ0v) is 10.8. The molecule has 0 aliphatic carbocycles. The minimum atomic E-state index is -4.19. The van der Waals surface area contributed by atoms with Crippen molar-refractivity contribution in [1.29, 1.82) is 0 Å². The Morgan fingerprint density at radius 2 is 1.84 bits per heavy atom. The summed E-state index contributed by atoms with van der Waals surface area (Å²) < 4.78 is 37.4. The van der Waals surface area contributed by atoms with Crippen molar-refractivity contribution in [2.45, 2.75) is 50.4 Å². The lowest BCUT2D eigenvalue weighted by atomic mass is 10.0. The molecule has 2 heterocycles. The molecule has 0 spiro atoms. The summed E-state index contributed by atoms with van der Waals surface area (Å²) in [6, 6.07) is -1.78. The molecule has 19 heavy (non-hydrogen) atoms. The van der Waals surface area contributed by atoms with Crippen molar-refractivity contribution in [2.75, 3.05) is 19.6 Å². The normalized spacial score (nSPS) is 29.1. The summed E-state index contributed by atoms with van der Waals surface area (Å²) in [6.07, 6.45) is -0.645. The van der Waals surface area contributed by atoms with Gasteiger partial charge in [-0.05, 0) is 32.1 Å². The van der Waals surface area contributed by atoms with Gasteiger partial charge in [0.05, 0.1) is 0 Å². The summed E-state index contributed by atoms with van der Waals surface area (Å²) in [5.41, 5.74) is 0. The Bertz CT molecular complexity index is 308. The number of alkyl halides is 3. The van der Waals surface area contributed by atoms with Crippen LogP contribution in [-0.2, 0) is 0 Å². The van der Waals surface area contributed by atoms with E-state index in [1.807, 2.05) is 0 Å². The molecule has 0 aromatic heterocycles. The van der Waals surface area contributed by atoms with E-state index in [9.17, 15) is 18.0 Å². The van der Waals surface area contributed by atoms with Crippen LogP contribution in [-0.4, -0.2) is 48.8 Å². The van der Waals surface area contributed by atoms with Gasteiger partial charge in [0.25, 0.3) is 0 Å². The topological polar surface area (TPSA) is 44.4 Å². The number of nitrogens with one attached hydrogen (secondary N) is 2. The van der Waals surface area contributed by atoms with Crippen LogP contribution in [0.3, 0.4) is 0 Å². The molecule has 2 fully saturated rings. The Morgan fingerprint density at radius 1 is 1.16 bits per heavy atom. The molecule has 0 aromatic carbocycles. The predicted molar refractivity (Wildman–Crippen MR) is 64.8 cm³/mol. The van der Waals surface area contributed by atoms with Gasteiger partial charge in [-0.15, -0.1) is 0 Å². The summed E-state index contributed by atoms with van der Waals surface area (Å²) in [5.74, 6) is 0. The number of likely N-dealkylation sites (tertiary alicyclic amines) is 1. The van der Waals surface area contributed by atoms with Crippen molar-refractivity contribution in [3.8, 4) is 0 Å². The average Bonchev–Trinajstić information content (AvgIpc) is 2.39. The maximum absolute atomic E-state index is 12.5. The zero-order valence-electron chi connectivity index (χ0n) is 10.8. The third-order valence-electron chi connectivity index (χ3n) is 3.78. The van der Waals surface area contributed by atoms with E-state index >= 15 is 0 Å². The maximum atomic E-state index is 12.5. The monoisotopic (exact) mass is 279 g/mol. The molecule has 0 saturated carbocycles. The van der Waals surface area contributed by atoms with E-state index in [1.165, 1.54) is 0 Å². The van der Waals surface area contributed by atoms with Gasteiger partial charge in [0.1, 0.15) is 6.04 Å². The molecule has 2 aliphatic heterocycles. The first kappa shape index (κ1) is 14.4. The lowest BCUT2D eigenvalue weighted by Crippen LogP contribution is -2.56. The first-order chi connectivity index (χ1) is 8.97. The SMILES string of the molecule is O=C(NC1CCC(C(F)(F)F)NC1)N1CCCCC1. The fourth-order valence-corrected chi connectivity index (χ4v) is 2.62. The fraction of sp³-hybridized carbons (Fsp3) is 0.917. The lowest BCUT2D eigenvalue weighted by Gasteiger charge is -2.34. The van der Waals surface area contributed by atoms with Crippen LogP contribution in [0, 0.1) is 0 Å². The quantitative estimate of drug-likeness (QED) is 0.769. The molecule has 2 aliphatic rings. The van der Waals surface area contributed by atoms with E-state index in [2.05, 4.69) is 10.6 Å². The molecular formula is C12H20F3N3O.